The molecule has 4 nitrogen and oxygen atoms in total. The summed E-state index contributed by atoms with van der Waals surface area (Å²) in [6.07, 6.45) is 5.78. The first-order valence-corrected chi connectivity index (χ1v) is 6.95. The maximum atomic E-state index is 5.76. The van der Waals surface area contributed by atoms with E-state index in [1.54, 1.807) is 6.20 Å². The van der Waals surface area contributed by atoms with Crippen LogP contribution in [0.2, 0.25) is 0 Å². The Labute approximate surface area is 109 Å². The number of likely N-dealkylation sites (tertiary alicyclic amines) is 1. The lowest BCUT2D eigenvalue weighted by atomic mass is 10.2. The minimum atomic E-state index is 0.728. The number of anilines is 2. The third-order valence-electron chi connectivity index (χ3n) is 4.19. The Balaban J connectivity index is 1.71. The van der Waals surface area contributed by atoms with Gasteiger partial charge in [-0.3, -0.25) is 4.90 Å². The highest BCUT2D eigenvalue weighted by molar-refractivity contribution is 5.53. The van der Waals surface area contributed by atoms with Crippen molar-refractivity contribution in [2.75, 3.05) is 36.8 Å². The fourth-order valence-electron chi connectivity index (χ4n) is 3.26. The van der Waals surface area contributed by atoms with E-state index in [2.05, 4.69) is 21.7 Å². The first-order chi connectivity index (χ1) is 8.74. The van der Waals surface area contributed by atoms with Gasteiger partial charge in [-0.05, 0) is 50.9 Å². The zero-order chi connectivity index (χ0) is 12.5. The van der Waals surface area contributed by atoms with Crippen molar-refractivity contribution in [3.63, 3.8) is 0 Å². The molecule has 2 saturated heterocycles. The first kappa shape index (κ1) is 11.8. The highest BCUT2D eigenvalue weighted by atomic mass is 15.3. The van der Waals surface area contributed by atoms with Crippen molar-refractivity contribution in [1.29, 1.82) is 0 Å². The van der Waals surface area contributed by atoms with Crippen molar-refractivity contribution in [2.24, 2.45) is 0 Å². The second-order valence-electron chi connectivity index (χ2n) is 5.54. The van der Waals surface area contributed by atoms with Gasteiger partial charge in [-0.15, -0.1) is 0 Å². The molecule has 2 N–H and O–H groups in total. The Morgan fingerprint density at radius 3 is 2.78 bits per heavy atom. The largest absolute Gasteiger partial charge is 0.397 e. The number of pyridine rings is 1. The molecule has 4 heteroatoms. The van der Waals surface area contributed by atoms with Crippen LogP contribution in [-0.2, 0) is 0 Å². The van der Waals surface area contributed by atoms with E-state index in [-0.39, 0.29) is 0 Å². The van der Waals surface area contributed by atoms with E-state index in [4.69, 9.17) is 5.73 Å². The van der Waals surface area contributed by atoms with E-state index in [1.807, 2.05) is 6.07 Å². The predicted molar refractivity (Wildman–Crippen MR) is 74.8 cm³/mol. The number of aryl methyl sites for hydroxylation is 1. The molecular formula is C14H22N4. The summed E-state index contributed by atoms with van der Waals surface area (Å²) in [6.45, 7) is 6.91. The molecule has 0 bridgehead atoms. The van der Waals surface area contributed by atoms with Gasteiger partial charge in [0.25, 0.3) is 0 Å². The van der Waals surface area contributed by atoms with E-state index < -0.39 is 0 Å². The average molecular weight is 246 g/mol. The van der Waals surface area contributed by atoms with Crippen LogP contribution in [0.1, 0.15) is 24.8 Å². The molecule has 18 heavy (non-hydrogen) atoms. The van der Waals surface area contributed by atoms with Gasteiger partial charge in [-0.25, -0.2) is 4.98 Å². The highest BCUT2D eigenvalue weighted by Gasteiger charge is 2.30. The van der Waals surface area contributed by atoms with Gasteiger partial charge < -0.3 is 10.6 Å². The number of rotatable bonds is 2. The normalized spacial score (nSPS) is 24.9. The SMILES string of the molecule is Cc1cc(N)cnc1N1CCC(N2CCCC2)C1. The van der Waals surface area contributed by atoms with Crippen LogP contribution in [0.25, 0.3) is 0 Å². The molecule has 0 aromatic carbocycles. The van der Waals surface area contributed by atoms with E-state index in [9.17, 15) is 0 Å². The van der Waals surface area contributed by atoms with Gasteiger partial charge in [0.15, 0.2) is 0 Å². The number of hydrogen-bond acceptors (Lipinski definition) is 4. The van der Waals surface area contributed by atoms with Gasteiger partial charge in [0.1, 0.15) is 5.82 Å². The standard InChI is InChI=1S/C14H22N4/c1-11-8-12(15)9-16-14(11)18-7-4-13(10-18)17-5-2-3-6-17/h8-9,13H,2-7,10,15H2,1H3. The van der Waals surface area contributed by atoms with E-state index in [0.717, 1.165) is 30.6 Å². The third kappa shape index (κ3) is 2.17. The Kier molecular flexibility index (Phi) is 3.12. The van der Waals surface area contributed by atoms with E-state index in [1.165, 1.54) is 37.9 Å². The molecule has 0 saturated carbocycles. The second kappa shape index (κ2) is 4.76. The summed E-state index contributed by atoms with van der Waals surface area (Å²) in [5.41, 5.74) is 7.71. The molecule has 1 unspecified atom stereocenters. The Morgan fingerprint density at radius 2 is 2.06 bits per heavy atom. The maximum absolute atomic E-state index is 5.76. The van der Waals surface area contributed by atoms with Gasteiger partial charge in [0, 0.05) is 19.1 Å². The molecule has 0 spiro atoms. The van der Waals surface area contributed by atoms with Crippen LogP contribution in [0.5, 0.6) is 0 Å². The van der Waals surface area contributed by atoms with Gasteiger partial charge >= 0.3 is 0 Å². The number of nitrogens with two attached hydrogens (primary N) is 1. The lowest BCUT2D eigenvalue weighted by Gasteiger charge is -2.24. The number of hydrogen-bond donors (Lipinski definition) is 1. The Morgan fingerprint density at radius 1 is 1.28 bits per heavy atom. The van der Waals surface area contributed by atoms with Crippen LogP contribution in [0, 0.1) is 6.92 Å². The van der Waals surface area contributed by atoms with Crippen LogP contribution in [0.15, 0.2) is 12.3 Å². The molecule has 2 fully saturated rings. The lowest BCUT2D eigenvalue weighted by molar-refractivity contribution is 0.260. The van der Waals surface area contributed by atoms with Crippen LogP contribution in [0.3, 0.4) is 0 Å². The monoisotopic (exact) mass is 246 g/mol. The zero-order valence-corrected chi connectivity index (χ0v) is 11.1. The van der Waals surface area contributed by atoms with Crippen molar-refractivity contribution < 1.29 is 0 Å². The van der Waals surface area contributed by atoms with Crippen LogP contribution < -0.4 is 10.6 Å². The molecule has 1 atom stereocenters. The quantitative estimate of drug-likeness (QED) is 0.862. The minimum Gasteiger partial charge on any atom is -0.397 e. The maximum Gasteiger partial charge on any atom is 0.131 e. The molecule has 0 radical (unpaired) electrons. The summed E-state index contributed by atoms with van der Waals surface area (Å²) in [5.74, 6) is 1.12. The van der Waals surface area contributed by atoms with Crippen molar-refractivity contribution >= 4 is 11.5 Å². The van der Waals surface area contributed by atoms with Crippen LogP contribution in [0.4, 0.5) is 11.5 Å². The summed E-state index contributed by atoms with van der Waals surface area (Å²) >= 11 is 0. The molecule has 3 rings (SSSR count). The summed E-state index contributed by atoms with van der Waals surface area (Å²) in [4.78, 5) is 9.56. The Bertz CT molecular complexity index is 426. The average Bonchev–Trinajstić information content (AvgIpc) is 2.99. The molecule has 2 aliphatic heterocycles. The Hall–Kier alpha value is -1.29. The van der Waals surface area contributed by atoms with Crippen LogP contribution >= 0.6 is 0 Å². The van der Waals surface area contributed by atoms with Gasteiger partial charge in [-0.1, -0.05) is 0 Å². The van der Waals surface area contributed by atoms with Crippen molar-refractivity contribution in [1.82, 2.24) is 9.88 Å². The van der Waals surface area contributed by atoms with Gasteiger partial charge in [0.2, 0.25) is 0 Å². The fraction of sp³-hybridized carbons (Fsp3) is 0.643. The first-order valence-electron chi connectivity index (χ1n) is 6.95. The molecule has 98 valence electrons. The second-order valence-corrected chi connectivity index (χ2v) is 5.54. The predicted octanol–water partition coefficient (Wildman–Crippen LogP) is 1.65. The van der Waals surface area contributed by atoms with Crippen molar-refractivity contribution in [3.05, 3.63) is 17.8 Å². The highest BCUT2D eigenvalue weighted by Crippen LogP contribution is 2.26. The smallest absolute Gasteiger partial charge is 0.131 e. The van der Waals surface area contributed by atoms with Crippen molar-refractivity contribution in [3.8, 4) is 0 Å². The number of nitrogen functional groups attached to an aromatic ring is 1. The van der Waals surface area contributed by atoms with Crippen LogP contribution in [-0.4, -0.2) is 42.1 Å². The summed E-state index contributed by atoms with van der Waals surface area (Å²) in [6, 6.07) is 2.75. The topological polar surface area (TPSA) is 45.4 Å². The van der Waals surface area contributed by atoms with E-state index in [0.29, 0.717) is 0 Å². The van der Waals surface area contributed by atoms with Gasteiger partial charge in [-0.2, -0.15) is 0 Å². The minimum absolute atomic E-state index is 0.728. The summed E-state index contributed by atoms with van der Waals surface area (Å²) < 4.78 is 0. The molecule has 3 heterocycles. The lowest BCUT2D eigenvalue weighted by Crippen LogP contribution is -2.35. The molecule has 1 aromatic rings. The molecule has 1 aromatic heterocycles. The van der Waals surface area contributed by atoms with E-state index >= 15 is 0 Å². The molecule has 0 amide bonds. The molecular weight excluding hydrogens is 224 g/mol. The number of nitrogens with zero attached hydrogens (tertiary/aromatic N) is 3. The summed E-state index contributed by atoms with van der Waals surface area (Å²) in [5, 5.41) is 0. The molecule has 2 aliphatic rings. The number of aromatic nitrogens is 1. The van der Waals surface area contributed by atoms with Gasteiger partial charge in [0.05, 0.1) is 11.9 Å². The zero-order valence-electron chi connectivity index (χ0n) is 11.1. The fourth-order valence-corrected chi connectivity index (χ4v) is 3.26. The third-order valence-corrected chi connectivity index (χ3v) is 4.19. The summed E-state index contributed by atoms with van der Waals surface area (Å²) in [7, 11) is 0. The van der Waals surface area contributed by atoms with Crippen molar-refractivity contribution in [2.45, 2.75) is 32.2 Å². The molecule has 0 aliphatic carbocycles.